The van der Waals surface area contributed by atoms with Crippen molar-refractivity contribution < 1.29 is 14.3 Å². The molecule has 0 aromatic heterocycles. The number of benzene rings is 2. The summed E-state index contributed by atoms with van der Waals surface area (Å²) in [4.78, 5) is 20.6. The molecule has 110 valence electrons. The minimum atomic E-state index is -0.833. The molecule has 2 aromatic carbocycles. The van der Waals surface area contributed by atoms with Gasteiger partial charge in [-0.15, -0.1) is 0 Å². The van der Waals surface area contributed by atoms with E-state index in [1.165, 1.54) is 0 Å². The van der Waals surface area contributed by atoms with E-state index in [0.29, 0.717) is 5.75 Å². The van der Waals surface area contributed by atoms with Crippen LogP contribution in [0.4, 0.5) is 15.3 Å². The van der Waals surface area contributed by atoms with Gasteiger partial charge in [-0.05, 0) is 36.8 Å². The maximum absolute atomic E-state index is 11.6. The average Bonchev–Trinajstić information content (AvgIpc) is 2.39. The van der Waals surface area contributed by atoms with Crippen molar-refractivity contribution >= 4 is 17.8 Å². The number of ether oxygens (including phenoxy) is 1. The van der Waals surface area contributed by atoms with E-state index >= 15 is 0 Å². The van der Waals surface area contributed by atoms with Crippen molar-refractivity contribution in [2.45, 2.75) is 6.92 Å². The number of anilines is 1. The third-order valence-corrected chi connectivity index (χ3v) is 2.22. The predicted molar refractivity (Wildman–Crippen MR) is 81.0 cm³/mol. The highest BCUT2D eigenvalue weighted by Crippen LogP contribution is 2.12. The molecular formula is C15H17N3O3. The molecule has 0 aliphatic rings. The van der Waals surface area contributed by atoms with E-state index in [9.17, 15) is 4.79 Å². The van der Waals surface area contributed by atoms with Gasteiger partial charge in [0.2, 0.25) is 0 Å². The number of nitrogens with one attached hydrogen (secondary N) is 1. The van der Waals surface area contributed by atoms with Gasteiger partial charge in [0, 0.05) is 5.69 Å². The highest BCUT2D eigenvalue weighted by Gasteiger charge is 2.04. The zero-order chi connectivity index (χ0) is 15.7. The first-order valence-corrected chi connectivity index (χ1v) is 6.13. The Morgan fingerprint density at radius 3 is 2.19 bits per heavy atom. The Morgan fingerprint density at radius 2 is 1.62 bits per heavy atom. The lowest BCUT2D eigenvalue weighted by molar-refractivity contribution is 0.215. The number of rotatable bonds is 2. The molecule has 0 atom stereocenters. The predicted octanol–water partition coefficient (Wildman–Crippen LogP) is 2.63. The fourth-order valence-electron chi connectivity index (χ4n) is 1.46. The van der Waals surface area contributed by atoms with Crippen LogP contribution in [0.15, 0.2) is 54.6 Å². The van der Waals surface area contributed by atoms with Crippen molar-refractivity contribution in [3.8, 4) is 5.75 Å². The molecule has 0 aliphatic heterocycles. The fourth-order valence-corrected chi connectivity index (χ4v) is 1.46. The number of carbonyl (C=O) groups excluding carboxylic acids is 2. The fraction of sp³-hybridized carbons (Fsp3) is 0.0667. The number of hydrogen-bond donors (Lipinski definition) is 3. The maximum Gasteiger partial charge on any atom is 0.417 e. The molecule has 0 fully saturated rings. The van der Waals surface area contributed by atoms with Crippen molar-refractivity contribution in [1.82, 2.24) is 0 Å². The number of nitrogens with two attached hydrogens (primary N) is 2. The van der Waals surface area contributed by atoms with Gasteiger partial charge in [0.15, 0.2) is 0 Å². The van der Waals surface area contributed by atoms with Crippen molar-refractivity contribution in [3.05, 3.63) is 60.2 Å². The molecule has 2 aromatic rings. The van der Waals surface area contributed by atoms with Crippen LogP contribution in [0, 0.1) is 6.92 Å². The molecule has 2 rings (SSSR count). The average molecular weight is 287 g/mol. The first-order chi connectivity index (χ1) is 9.97. The Bertz CT molecular complexity index is 596. The number of amides is 3. The summed E-state index contributed by atoms with van der Waals surface area (Å²) in [5.41, 5.74) is 10.3. The molecule has 21 heavy (non-hydrogen) atoms. The quantitative estimate of drug-likeness (QED) is 0.790. The van der Waals surface area contributed by atoms with Crippen molar-refractivity contribution in [2.24, 2.45) is 11.5 Å². The number of aryl methyl sites for hydroxylation is 1. The maximum atomic E-state index is 11.6. The summed E-state index contributed by atoms with van der Waals surface area (Å²) in [6, 6.07) is 15.7. The molecule has 0 saturated carbocycles. The van der Waals surface area contributed by atoms with Gasteiger partial charge in [0.1, 0.15) is 5.75 Å². The van der Waals surface area contributed by atoms with Gasteiger partial charge < -0.3 is 16.2 Å². The van der Waals surface area contributed by atoms with Crippen LogP contribution < -0.4 is 21.5 Å². The van der Waals surface area contributed by atoms with Crippen LogP contribution in [0.5, 0.6) is 5.75 Å². The van der Waals surface area contributed by atoms with Crippen LogP contribution in [0.1, 0.15) is 5.56 Å². The van der Waals surface area contributed by atoms with Gasteiger partial charge in [-0.1, -0.05) is 30.3 Å². The van der Waals surface area contributed by atoms with Crippen LogP contribution in [0.25, 0.3) is 0 Å². The minimum absolute atomic E-state index is 0.484. The summed E-state index contributed by atoms with van der Waals surface area (Å²) in [6.45, 7) is 1.97. The first-order valence-electron chi connectivity index (χ1n) is 6.13. The largest absolute Gasteiger partial charge is 0.417 e. The summed E-state index contributed by atoms with van der Waals surface area (Å²) in [7, 11) is 0. The zero-order valence-corrected chi connectivity index (χ0v) is 11.6. The van der Waals surface area contributed by atoms with Crippen LogP contribution in [-0.4, -0.2) is 12.1 Å². The van der Waals surface area contributed by atoms with E-state index in [4.69, 9.17) is 9.53 Å². The summed E-state index contributed by atoms with van der Waals surface area (Å²) < 4.78 is 5.11. The van der Waals surface area contributed by atoms with E-state index < -0.39 is 12.1 Å². The summed E-state index contributed by atoms with van der Waals surface area (Å²) in [6.07, 6.45) is -0.484. The SMILES string of the molecule is Cc1cccc(NC(=O)Oc2ccccc2)c1.NC(N)=O. The molecule has 0 spiro atoms. The van der Waals surface area contributed by atoms with Crippen molar-refractivity contribution in [2.75, 3.05) is 5.32 Å². The van der Waals surface area contributed by atoms with Crippen LogP contribution in [0.2, 0.25) is 0 Å². The van der Waals surface area contributed by atoms with Gasteiger partial charge in [-0.25, -0.2) is 9.59 Å². The first kappa shape index (κ1) is 16.0. The summed E-state index contributed by atoms with van der Waals surface area (Å²) in [5, 5.41) is 2.67. The third-order valence-electron chi connectivity index (χ3n) is 2.22. The third kappa shape index (κ3) is 7.22. The standard InChI is InChI=1S/C14H13NO2.CH4N2O/c1-11-6-5-7-12(10-11)15-14(16)17-13-8-3-2-4-9-13;2-1(3)4/h2-10H,1H3,(H,15,16);(H4,2,3,4). The lowest BCUT2D eigenvalue weighted by Crippen LogP contribution is -2.18. The second-order valence-electron chi connectivity index (χ2n) is 4.10. The van der Waals surface area contributed by atoms with Gasteiger partial charge in [0.25, 0.3) is 0 Å². The minimum Gasteiger partial charge on any atom is -0.410 e. The van der Waals surface area contributed by atoms with E-state index in [2.05, 4.69) is 16.8 Å². The molecule has 0 heterocycles. The number of urea groups is 1. The molecule has 3 amide bonds. The van der Waals surface area contributed by atoms with Gasteiger partial charge in [-0.3, -0.25) is 5.32 Å². The highest BCUT2D eigenvalue weighted by molar-refractivity contribution is 5.86. The Hall–Kier alpha value is -3.02. The Labute approximate surface area is 122 Å². The van der Waals surface area contributed by atoms with Crippen LogP contribution >= 0.6 is 0 Å². The normalized spacial score (nSPS) is 9.00. The summed E-state index contributed by atoms with van der Waals surface area (Å²) >= 11 is 0. The van der Waals surface area contributed by atoms with E-state index in [0.717, 1.165) is 11.3 Å². The topological polar surface area (TPSA) is 107 Å². The monoisotopic (exact) mass is 287 g/mol. The lowest BCUT2D eigenvalue weighted by atomic mass is 10.2. The van der Waals surface area contributed by atoms with Crippen LogP contribution in [0.3, 0.4) is 0 Å². The second-order valence-corrected chi connectivity index (χ2v) is 4.10. The molecule has 0 unspecified atom stereocenters. The lowest BCUT2D eigenvalue weighted by Gasteiger charge is -2.06. The van der Waals surface area contributed by atoms with Crippen LogP contribution in [-0.2, 0) is 0 Å². The molecule has 0 saturated heterocycles. The van der Waals surface area contributed by atoms with Gasteiger partial charge in [-0.2, -0.15) is 0 Å². The van der Waals surface area contributed by atoms with E-state index in [1.807, 2.05) is 49.4 Å². The molecule has 0 aliphatic carbocycles. The Morgan fingerprint density at radius 1 is 1.00 bits per heavy atom. The molecule has 5 N–H and O–H groups in total. The van der Waals surface area contributed by atoms with E-state index in [1.54, 1.807) is 12.1 Å². The molecule has 6 nitrogen and oxygen atoms in total. The van der Waals surface area contributed by atoms with E-state index in [-0.39, 0.29) is 0 Å². The number of primary amides is 2. The van der Waals surface area contributed by atoms with Crippen molar-refractivity contribution in [1.29, 1.82) is 0 Å². The number of hydrogen-bond acceptors (Lipinski definition) is 3. The Kier molecular flexibility index (Phi) is 6.27. The second kappa shape index (κ2) is 8.21. The highest BCUT2D eigenvalue weighted by atomic mass is 16.6. The zero-order valence-electron chi connectivity index (χ0n) is 11.6. The smallest absolute Gasteiger partial charge is 0.410 e. The molecular weight excluding hydrogens is 270 g/mol. The molecule has 0 bridgehead atoms. The number of carbonyl (C=O) groups is 2. The summed E-state index contributed by atoms with van der Waals surface area (Å²) in [5.74, 6) is 0.526. The molecule has 0 radical (unpaired) electrons. The van der Waals surface area contributed by atoms with Gasteiger partial charge >= 0.3 is 12.1 Å². The Balaban J connectivity index is 0.000000491. The van der Waals surface area contributed by atoms with Gasteiger partial charge in [0.05, 0.1) is 0 Å². The number of para-hydroxylation sites is 1. The molecule has 6 heteroatoms. The van der Waals surface area contributed by atoms with Crippen molar-refractivity contribution in [3.63, 3.8) is 0 Å².